The van der Waals surface area contributed by atoms with Gasteiger partial charge in [0.2, 0.25) is 0 Å². The third-order valence-electron chi connectivity index (χ3n) is 12.5. The topological polar surface area (TPSA) is 19.6 Å². The first-order valence-corrected chi connectivity index (χ1v) is 20.0. The normalized spacial score (nSPS) is 13.1. The van der Waals surface area contributed by atoms with Crippen LogP contribution < -0.4 is 15.1 Å². The minimum Gasteiger partial charge on any atom is -0.456 e. The summed E-state index contributed by atoms with van der Waals surface area (Å²) in [6.07, 6.45) is 0. The van der Waals surface area contributed by atoms with Gasteiger partial charge in [-0.3, -0.25) is 0 Å². The zero-order chi connectivity index (χ0) is 37.9. The average Bonchev–Trinajstić information content (AvgIpc) is 3.63. The van der Waals surface area contributed by atoms with Crippen LogP contribution in [0.1, 0.15) is 0 Å². The van der Waals surface area contributed by atoms with Crippen molar-refractivity contribution >= 4 is 57.1 Å². The molecule has 268 valence electrons. The molecular formula is C54H33BN2O. The van der Waals surface area contributed by atoms with Crippen LogP contribution in [0.25, 0.3) is 88.7 Å². The van der Waals surface area contributed by atoms with E-state index < -0.39 is 0 Å². The van der Waals surface area contributed by atoms with E-state index in [1.54, 1.807) is 0 Å². The van der Waals surface area contributed by atoms with Crippen molar-refractivity contribution in [2.75, 3.05) is 9.62 Å². The predicted octanol–water partition coefficient (Wildman–Crippen LogP) is 13.9. The standard InChI is InChI=1S/C54H33BN2O/c1-3-12-34(13-4-1)36-16-7-18-38(30-36)40-26-28-46-44(32-40)42-20-9-21-43-45-33-41(39-19-8-17-37(31-39)35-14-5-2-6-15-35)27-29-47(45)57-49-23-11-25-51-53(49)52-48(22-10-24-50(52)58-51)56(46)55(57)54(42)43/h1-33H. The Labute approximate surface area is 336 Å². The summed E-state index contributed by atoms with van der Waals surface area (Å²) in [5, 5.41) is 2.31. The van der Waals surface area contributed by atoms with Crippen LogP contribution in [-0.4, -0.2) is 6.98 Å². The van der Waals surface area contributed by atoms with E-state index in [0.29, 0.717) is 0 Å². The molecule has 0 saturated carbocycles. The molecule has 0 bridgehead atoms. The van der Waals surface area contributed by atoms with Crippen molar-refractivity contribution < 1.29 is 4.42 Å². The fourth-order valence-electron chi connectivity index (χ4n) is 10.0. The first kappa shape index (κ1) is 31.6. The molecule has 3 nitrogen and oxygen atoms in total. The zero-order valence-electron chi connectivity index (χ0n) is 31.4. The van der Waals surface area contributed by atoms with Crippen molar-refractivity contribution in [2.45, 2.75) is 0 Å². The molecule has 0 N–H and O–H groups in total. The molecule has 0 fully saturated rings. The van der Waals surface area contributed by atoms with Crippen molar-refractivity contribution in [3.8, 4) is 66.8 Å². The maximum atomic E-state index is 6.64. The van der Waals surface area contributed by atoms with Crippen LogP contribution in [0.5, 0.6) is 0 Å². The summed E-state index contributed by atoms with van der Waals surface area (Å²) in [5.74, 6) is 0. The monoisotopic (exact) mass is 736 g/mol. The first-order valence-electron chi connectivity index (χ1n) is 20.0. The minimum absolute atomic E-state index is 0.116. The largest absolute Gasteiger partial charge is 0.456 e. The molecule has 0 aliphatic carbocycles. The van der Waals surface area contributed by atoms with E-state index in [9.17, 15) is 0 Å². The Kier molecular flexibility index (Phi) is 6.53. The molecule has 4 heterocycles. The van der Waals surface area contributed by atoms with Gasteiger partial charge in [0, 0.05) is 33.9 Å². The molecule has 10 aromatic rings. The lowest BCUT2D eigenvalue weighted by molar-refractivity contribution is 0.669. The van der Waals surface area contributed by atoms with E-state index in [-0.39, 0.29) is 6.98 Å². The summed E-state index contributed by atoms with van der Waals surface area (Å²) in [4.78, 5) is 5.17. The molecule has 0 atom stereocenters. The highest BCUT2D eigenvalue weighted by atomic mass is 16.3. The van der Waals surface area contributed by atoms with Gasteiger partial charge in [-0.25, -0.2) is 0 Å². The van der Waals surface area contributed by atoms with E-state index in [4.69, 9.17) is 4.42 Å². The minimum atomic E-state index is -0.116. The fourth-order valence-corrected chi connectivity index (χ4v) is 10.0. The van der Waals surface area contributed by atoms with Crippen molar-refractivity contribution in [3.63, 3.8) is 0 Å². The van der Waals surface area contributed by atoms with Crippen molar-refractivity contribution in [3.05, 3.63) is 200 Å². The molecule has 0 spiro atoms. The van der Waals surface area contributed by atoms with Crippen molar-refractivity contribution in [1.29, 1.82) is 0 Å². The molecule has 9 aromatic carbocycles. The molecule has 4 heteroatoms. The van der Waals surface area contributed by atoms with Crippen LogP contribution in [0.3, 0.4) is 0 Å². The van der Waals surface area contributed by atoms with Crippen molar-refractivity contribution in [2.24, 2.45) is 0 Å². The van der Waals surface area contributed by atoms with Gasteiger partial charge in [-0.2, -0.15) is 0 Å². The van der Waals surface area contributed by atoms with E-state index in [2.05, 4.69) is 210 Å². The van der Waals surface area contributed by atoms with Crippen LogP contribution in [-0.2, 0) is 0 Å². The van der Waals surface area contributed by atoms with Gasteiger partial charge in [0.05, 0.1) is 10.8 Å². The van der Waals surface area contributed by atoms with Gasteiger partial charge in [0.25, 0.3) is 0 Å². The summed E-state index contributed by atoms with van der Waals surface area (Å²) in [6, 6.07) is 73.3. The third-order valence-corrected chi connectivity index (χ3v) is 12.5. The molecule has 0 unspecified atom stereocenters. The number of furan rings is 1. The lowest BCUT2D eigenvalue weighted by Crippen LogP contribution is -2.61. The van der Waals surface area contributed by atoms with E-state index >= 15 is 0 Å². The van der Waals surface area contributed by atoms with Crippen LogP contribution in [0, 0.1) is 0 Å². The van der Waals surface area contributed by atoms with Gasteiger partial charge in [0.15, 0.2) is 0 Å². The Balaban J connectivity index is 1.07. The maximum absolute atomic E-state index is 6.64. The smallest absolute Gasteiger partial charge is 0.421 e. The van der Waals surface area contributed by atoms with E-state index in [0.717, 1.165) is 33.3 Å². The zero-order valence-corrected chi connectivity index (χ0v) is 31.4. The highest BCUT2D eigenvalue weighted by molar-refractivity contribution is 6.87. The maximum Gasteiger partial charge on any atom is 0.421 e. The number of anilines is 4. The lowest BCUT2D eigenvalue weighted by atomic mass is 9.53. The van der Waals surface area contributed by atoms with Gasteiger partial charge in [-0.05, 0) is 122 Å². The SMILES string of the molecule is c1ccc(-c2cccc(-c3ccc4c(c3)-c3cccc5c3B3N4c4cccc6oc7cccc(c7c46)N3c3ccc(-c4cccc(-c6ccccc6)c4)cc3-5)c2)cc1. The second-order valence-corrected chi connectivity index (χ2v) is 15.6. The average molecular weight is 737 g/mol. The lowest BCUT2D eigenvalue weighted by Gasteiger charge is -2.47. The van der Waals surface area contributed by atoms with Gasteiger partial charge >= 0.3 is 6.98 Å². The number of rotatable bonds is 4. The molecule has 58 heavy (non-hydrogen) atoms. The highest BCUT2D eigenvalue weighted by Gasteiger charge is 2.49. The van der Waals surface area contributed by atoms with Gasteiger partial charge < -0.3 is 14.0 Å². The molecule has 3 aliphatic heterocycles. The van der Waals surface area contributed by atoms with Gasteiger partial charge in [0.1, 0.15) is 11.2 Å². The molecule has 0 radical (unpaired) electrons. The Hall–Kier alpha value is -7.56. The van der Waals surface area contributed by atoms with Gasteiger partial charge in [-0.15, -0.1) is 0 Å². The second kappa shape index (κ2) is 12.0. The van der Waals surface area contributed by atoms with Crippen LogP contribution >= 0.6 is 0 Å². The predicted molar refractivity (Wildman–Crippen MR) is 242 cm³/mol. The molecule has 1 aromatic heterocycles. The summed E-state index contributed by atoms with van der Waals surface area (Å²) >= 11 is 0. The van der Waals surface area contributed by atoms with Crippen LogP contribution in [0.15, 0.2) is 205 Å². The Morgan fingerprint density at radius 2 is 0.690 bits per heavy atom. The first-order chi connectivity index (χ1) is 28.8. The summed E-state index contributed by atoms with van der Waals surface area (Å²) < 4.78 is 6.64. The second-order valence-electron chi connectivity index (χ2n) is 15.6. The molecule has 0 saturated heterocycles. The fraction of sp³-hybridized carbons (Fsp3) is 0. The van der Waals surface area contributed by atoms with E-state index in [1.807, 2.05) is 0 Å². The highest BCUT2D eigenvalue weighted by Crippen LogP contribution is 2.55. The Bertz CT molecular complexity index is 3100. The molecule has 0 amide bonds. The number of benzene rings is 9. The molecular weight excluding hydrogens is 703 g/mol. The number of hydrogen-bond donors (Lipinski definition) is 0. The number of fused-ring (bicyclic) bond motifs is 8. The van der Waals surface area contributed by atoms with Crippen molar-refractivity contribution in [1.82, 2.24) is 0 Å². The number of hydrogen-bond acceptors (Lipinski definition) is 3. The molecule has 13 rings (SSSR count). The Morgan fingerprint density at radius 3 is 1.17 bits per heavy atom. The van der Waals surface area contributed by atoms with E-state index in [1.165, 1.54) is 83.6 Å². The third kappa shape index (κ3) is 4.46. The summed E-state index contributed by atoms with van der Waals surface area (Å²) in [5.41, 5.74) is 22.5. The summed E-state index contributed by atoms with van der Waals surface area (Å²) in [6.45, 7) is -0.116. The quantitative estimate of drug-likeness (QED) is 0.168. The van der Waals surface area contributed by atoms with Crippen LogP contribution in [0.4, 0.5) is 22.7 Å². The Morgan fingerprint density at radius 1 is 0.293 bits per heavy atom. The molecule has 3 aliphatic rings. The van der Waals surface area contributed by atoms with Crippen LogP contribution in [0.2, 0.25) is 0 Å². The number of nitrogens with zero attached hydrogens (tertiary/aromatic N) is 2. The summed E-state index contributed by atoms with van der Waals surface area (Å²) in [7, 11) is 0. The van der Waals surface area contributed by atoms with Gasteiger partial charge in [-0.1, -0.05) is 140 Å².